The molecule has 0 spiro atoms. The molecule has 0 fully saturated rings. The molecule has 0 amide bonds. The summed E-state index contributed by atoms with van der Waals surface area (Å²) in [6, 6.07) is 0. The summed E-state index contributed by atoms with van der Waals surface area (Å²) in [6.07, 6.45) is 92.9. The van der Waals surface area contributed by atoms with Crippen LogP contribution in [0.15, 0.2) is 85.1 Å². The van der Waals surface area contributed by atoms with E-state index in [-0.39, 0.29) is 38.2 Å². The van der Waals surface area contributed by atoms with Crippen LogP contribution in [0, 0.1) is 0 Å². The third kappa shape index (κ3) is 71.8. The average molecular weight is 1250 g/mol. The van der Waals surface area contributed by atoms with Gasteiger partial charge in [0.2, 0.25) is 0 Å². The van der Waals surface area contributed by atoms with E-state index in [2.05, 4.69) is 98.9 Å². The van der Waals surface area contributed by atoms with Gasteiger partial charge in [0.25, 0.3) is 6.29 Å². The van der Waals surface area contributed by atoms with Crippen molar-refractivity contribution >= 4 is 17.9 Å². The Balaban J connectivity index is 4.00. The topological polar surface area (TPSA) is 108 Å². The number of allylic oxidation sites excluding steroid dienone is 14. The monoisotopic (exact) mass is 1250 g/mol. The largest absolute Gasteiger partial charge is 0.477 e. The molecule has 0 aliphatic rings. The van der Waals surface area contributed by atoms with Crippen LogP contribution >= 0.6 is 0 Å². The second-order valence-corrected chi connectivity index (χ2v) is 26.6. The lowest BCUT2D eigenvalue weighted by Crippen LogP contribution is -2.40. The van der Waals surface area contributed by atoms with Crippen molar-refractivity contribution in [2.24, 2.45) is 0 Å². The summed E-state index contributed by atoms with van der Waals surface area (Å²) in [6.45, 7) is 4.79. The number of carboxylic acids is 1. The molecule has 0 saturated carbocycles. The molecule has 0 aliphatic carbocycles. The van der Waals surface area contributed by atoms with Gasteiger partial charge in [-0.05, 0) is 89.9 Å². The molecule has 516 valence electrons. The van der Waals surface area contributed by atoms with Crippen molar-refractivity contribution in [2.75, 3.05) is 47.5 Å². The minimum Gasteiger partial charge on any atom is -0.477 e. The molecule has 0 radical (unpaired) electrons. The maximum absolute atomic E-state index is 13.0. The van der Waals surface area contributed by atoms with Crippen LogP contribution in [0.5, 0.6) is 0 Å². The number of unbranched alkanes of at least 4 members (excludes halogenated alkanes) is 41. The molecule has 89 heavy (non-hydrogen) atoms. The minimum absolute atomic E-state index is 0.183. The van der Waals surface area contributed by atoms with E-state index in [0.29, 0.717) is 17.4 Å². The first kappa shape index (κ1) is 85.5. The zero-order valence-electron chi connectivity index (χ0n) is 59.1. The average Bonchev–Trinajstić information content (AvgIpc) is 3.64. The lowest BCUT2D eigenvalue weighted by Gasteiger charge is -2.25. The number of quaternary nitrogens is 1. The van der Waals surface area contributed by atoms with E-state index >= 15 is 0 Å². The molecule has 0 rings (SSSR count). The van der Waals surface area contributed by atoms with Crippen molar-refractivity contribution in [3.8, 4) is 0 Å². The van der Waals surface area contributed by atoms with Gasteiger partial charge in [-0.1, -0.05) is 330 Å². The summed E-state index contributed by atoms with van der Waals surface area (Å²) in [5, 5.41) is 9.76. The van der Waals surface area contributed by atoms with Crippen LogP contribution in [0.3, 0.4) is 0 Å². The second kappa shape index (κ2) is 70.3. The third-order valence-corrected chi connectivity index (χ3v) is 16.6. The van der Waals surface area contributed by atoms with Crippen LogP contribution in [0.2, 0.25) is 0 Å². The first-order valence-corrected chi connectivity index (χ1v) is 37.8. The molecule has 0 aromatic carbocycles. The molecule has 0 aromatic heterocycles. The number of hydrogen-bond acceptors (Lipinski definition) is 7. The number of carbonyl (C=O) groups excluding carboxylic acids is 2. The number of rotatable bonds is 70. The fourth-order valence-corrected chi connectivity index (χ4v) is 10.9. The van der Waals surface area contributed by atoms with Crippen LogP contribution in [0.4, 0.5) is 0 Å². The van der Waals surface area contributed by atoms with Crippen LogP contribution < -0.4 is 0 Å². The Morgan fingerprint density at radius 3 is 0.955 bits per heavy atom. The Morgan fingerprint density at radius 2 is 0.640 bits per heavy atom. The number of carbonyl (C=O) groups is 3. The van der Waals surface area contributed by atoms with Crippen LogP contribution in [0.1, 0.15) is 348 Å². The highest BCUT2D eigenvalue weighted by Gasteiger charge is 2.25. The number of nitrogens with zero attached hydrogens (tertiary/aromatic N) is 1. The number of ether oxygens (including phenoxy) is 4. The molecule has 9 heteroatoms. The Morgan fingerprint density at radius 1 is 0.348 bits per heavy atom. The van der Waals surface area contributed by atoms with Crippen molar-refractivity contribution in [3.05, 3.63) is 85.1 Å². The van der Waals surface area contributed by atoms with Crippen molar-refractivity contribution < 1.29 is 42.9 Å². The van der Waals surface area contributed by atoms with Crippen LogP contribution in [-0.4, -0.2) is 87.4 Å². The van der Waals surface area contributed by atoms with E-state index in [1.165, 1.54) is 244 Å². The van der Waals surface area contributed by atoms with E-state index < -0.39 is 18.4 Å². The molecule has 2 unspecified atom stereocenters. The summed E-state index contributed by atoms with van der Waals surface area (Å²) in [7, 11) is 5.99. The Hall–Kier alpha value is -3.53. The highest BCUT2D eigenvalue weighted by Crippen LogP contribution is 2.19. The lowest BCUT2D eigenvalue weighted by atomic mass is 10.0. The first-order chi connectivity index (χ1) is 43.6. The zero-order chi connectivity index (χ0) is 64.7. The fourth-order valence-electron chi connectivity index (χ4n) is 10.9. The molecule has 0 saturated heterocycles. The Labute approximate surface area is 550 Å². The molecule has 0 aliphatic heterocycles. The summed E-state index contributed by atoms with van der Waals surface area (Å²) in [4.78, 5) is 37.7. The van der Waals surface area contributed by atoms with Gasteiger partial charge in [-0.2, -0.15) is 0 Å². The molecular weight excluding hydrogens is 1100 g/mol. The molecule has 9 nitrogen and oxygen atoms in total. The smallest absolute Gasteiger partial charge is 0.361 e. The molecule has 0 bridgehead atoms. The Kier molecular flexibility index (Phi) is 67.6. The van der Waals surface area contributed by atoms with Crippen molar-refractivity contribution in [3.63, 3.8) is 0 Å². The molecule has 0 heterocycles. The molecule has 1 N–H and O–H groups in total. The number of likely N-dealkylation sites (N-methyl/N-ethyl adjacent to an activating group) is 1. The van der Waals surface area contributed by atoms with Gasteiger partial charge in [0.15, 0.2) is 6.10 Å². The van der Waals surface area contributed by atoms with E-state index in [0.717, 1.165) is 77.0 Å². The predicted molar refractivity (Wildman–Crippen MR) is 382 cm³/mol. The first-order valence-electron chi connectivity index (χ1n) is 37.8. The number of hydrogen-bond donors (Lipinski definition) is 1. The number of carboxylic acid groups (broad SMARTS) is 1. The zero-order valence-corrected chi connectivity index (χ0v) is 59.1. The lowest BCUT2D eigenvalue weighted by molar-refractivity contribution is -0.870. The maximum atomic E-state index is 13.0. The van der Waals surface area contributed by atoms with Gasteiger partial charge < -0.3 is 28.5 Å². The molecule has 0 aromatic rings. The van der Waals surface area contributed by atoms with Crippen molar-refractivity contribution in [1.82, 2.24) is 0 Å². The highest BCUT2D eigenvalue weighted by atomic mass is 16.7. The van der Waals surface area contributed by atoms with Crippen LogP contribution in [-0.2, 0) is 33.3 Å². The summed E-state index contributed by atoms with van der Waals surface area (Å²) in [5.41, 5.74) is 0. The summed E-state index contributed by atoms with van der Waals surface area (Å²) >= 11 is 0. The van der Waals surface area contributed by atoms with Crippen molar-refractivity contribution in [1.29, 1.82) is 0 Å². The SMILES string of the molecule is CC/C=C\C/C=C\C/C=C\C/C=C\CCCCCCCCCCCCCCCCCCCCCCCCCCCCC(=O)OC(COC(=O)CCCCCCCCCCCC/C=C\C/C=C\C/C=C\CCCCCCC)COC(OCC[N+](C)(C)C)C(=O)O. The van der Waals surface area contributed by atoms with Gasteiger partial charge >= 0.3 is 17.9 Å². The van der Waals surface area contributed by atoms with Gasteiger partial charge in [0.05, 0.1) is 34.4 Å². The van der Waals surface area contributed by atoms with Gasteiger partial charge in [0, 0.05) is 12.8 Å². The van der Waals surface area contributed by atoms with Gasteiger partial charge in [-0.3, -0.25) is 9.59 Å². The summed E-state index contributed by atoms with van der Waals surface area (Å²) in [5.74, 6) is -1.99. The number of esters is 2. The second-order valence-electron chi connectivity index (χ2n) is 26.6. The third-order valence-electron chi connectivity index (χ3n) is 16.6. The normalized spacial score (nSPS) is 13.1. The minimum atomic E-state index is -1.51. The maximum Gasteiger partial charge on any atom is 0.361 e. The van der Waals surface area contributed by atoms with Crippen molar-refractivity contribution in [2.45, 2.75) is 360 Å². The molecule has 2 atom stereocenters. The fraction of sp³-hybridized carbons (Fsp3) is 0.787. The predicted octanol–water partition coefficient (Wildman–Crippen LogP) is 23.8. The van der Waals surface area contributed by atoms with E-state index in [9.17, 15) is 19.5 Å². The summed E-state index contributed by atoms with van der Waals surface area (Å²) < 4.78 is 23.0. The van der Waals surface area contributed by atoms with Gasteiger partial charge in [0.1, 0.15) is 13.2 Å². The Bertz CT molecular complexity index is 1740. The van der Waals surface area contributed by atoms with Gasteiger partial charge in [-0.15, -0.1) is 0 Å². The van der Waals surface area contributed by atoms with E-state index in [1.54, 1.807) is 0 Å². The quantitative estimate of drug-likeness (QED) is 0.0211. The highest BCUT2D eigenvalue weighted by molar-refractivity contribution is 5.71. The van der Waals surface area contributed by atoms with Crippen LogP contribution in [0.25, 0.3) is 0 Å². The van der Waals surface area contributed by atoms with Gasteiger partial charge in [-0.25, -0.2) is 4.79 Å². The number of aliphatic carboxylic acids is 1. The van der Waals surface area contributed by atoms with E-state index in [1.807, 2.05) is 21.1 Å². The standard InChI is InChI=1S/C80H143NO8/c1-6-8-10-12-14-16-18-20-22-24-26-28-30-32-33-34-35-36-37-38-39-40-41-42-43-44-45-47-49-51-53-55-57-59-61-63-65-67-69-71-78(83)89-76(75-88-80(79(84)85)86-73-72-81(3,4)5)74-87-77(82)70-68-66-64-62-60-58-56-54-52-50-48-46-31-29-27-25-23-21-19-17-15-13-11-9-7-2/h8,10,14,16,19-22,25-28,31,46,76,80H,6-7,9,11-13,15,17-18,23-24,29-30,32-45,47-75H2,1-5H3/p+1/b10-8-,16-14-,21-19-,22-20-,27-25-,28-26-,46-31-. The van der Waals surface area contributed by atoms with E-state index in [4.69, 9.17) is 18.9 Å². The molecular formula is C80H144NO8+.